The summed E-state index contributed by atoms with van der Waals surface area (Å²) in [4.78, 5) is 3.86. The lowest BCUT2D eigenvalue weighted by Crippen LogP contribution is -2.19. The zero-order chi connectivity index (χ0) is 15.6. The Morgan fingerprint density at radius 2 is 1.76 bits per heavy atom. The van der Waals surface area contributed by atoms with Gasteiger partial charge in [0.05, 0.1) is 11.4 Å². The van der Waals surface area contributed by atoms with Crippen LogP contribution in [0.4, 0.5) is 11.4 Å². The van der Waals surface area contributed by atoms with E-state index in [-0.39, 0.29) is 10.7 Å². The Balaban J connectivity index is 2.48. The number of nitrogens with two attached hydrogens (primary N) is 1. The second kappa shape index (κ2) is 6.61. The molecule has 0 unspecified atom stereocenters. The third-order valence-electron chi connectivity index (χ3n) is 2.42. The molecular weight excluding hydrogens is 492 g/mol. The highest BCUT2D eigenvalue weighted by Gasteiger charge is 2.22. The van der Waals surface area contributed by atoms with Crippen LogP contribution in [0.3, 0.4) is 0 Å². The Morgan fingerprint density at radius 1 is 1.14 bits per heavy atom. The largest absolute Gasteiger partial charge is 0.321 e. The Morgan fingerprint density at radius 3 is 2.33 bits per heavy atom. The fraction of sp³-hybridized carbons (Fsp3) is 0. The van der Waals surface area contributed by atoms with E-state index in [4.69, 9.17) is 5.84 Å². The Bertz CT molecular complexity index is 760. The van der Waals surface area contributed by atoms with Crippen LogP contribution in [0, 0.1) is 0 Å². The molecule has 2 rings (SSSR count). The fourth-order valence-corrected chi connectivity index (χ4v) is 5.46. The number of hydrazine groups is 1. The molecule has 10 heteroatoms. The predicted molar refractivity (Wildman–Crippen MR) is 92.4 cm³/mol. The lowest BCUT2D eigenvalue weighted by molar-refractivity contribution is 0.598. The number of nitrogens with zero attached hydrogens (tertiary/aromatic N) is 1. The number of benzene rings is 1. The van der Waals surface area contributed by atoms with Gasteiger partial charge in [-0.2, -0.15) is 8.42 Å². The molecule has 0 saturated carbocycles. The number of pyridine rings is 1. The van der Waals surface area contributed by atoms with E-state index in [2.05, 4.69) is 62.9 Å². The molecule has 0 aliphatic rings. The minimum Gasteiger partial charge on any atom is -0.321 e. The normalized spacial score (nSPS) is 11.2. The number of nitrogens with one attached hydrogen (secondary N) is 2. The molecule has 1 aromatic heterocycles. The van der Waals surface area contributed by atoms with Crippen LogP contribution in [0.1, 0.15) is 0 Å². The van der Waals surface area contributed by atoms with E-state index in [0.29, 0.717) is 14.6 Å². The molecule has 0 atom stereocenters. The molecule has 2 aromatic rings. The van der Waals surface area contributed by atoms with Gasteiger partial charge in [-0.05, 0) is 56.1 Å². The topological polar surface area (TPSA) is 97.1 Å². The monoisotopic (exact) mass is 498 g/mol. The van der Waals surface area contributed by atoms with Crippen molar-refractivity contribution in [1.82, 2.24) is 4.98 Å². The van der Waals surface area contributed by atoms with Crippen molar-refractivity contribution < 1.29 is 8.42 Å². The first-order valence-corrected chi connectivity index (χ1v) is 9.30. The summed E-state index contributed by atoms with van der Waals surface area (Å²) in [6.07, 6.45) is 1.38. The van der Waals surface area contributed by atoms with E-state index >= 15 is 0 Å². The van der Waals surface area contributed by atoms with Gasteiger partial charge in [-0.1, -0.05) is 15.9 Å². The SMILES string of the molecule is NNc1cccnc1S(=O)(=O)Nc1c(Br)cc(Br)cc1Br. The van der Waals surface area contributed by atoms with Crippen LogP contribution in [0.25, 0.3) is 0 Å². The zero-order valence-corrected chi connectivity index (χ0v) is 15.8. The number of rotatable bonds is 4. The highest BCUT2D eigenvalue weighted by Crippen LogP contribution is 2.36. The molecule has 0 spiro atoms. The van der Waals surface area contributed by atoms with E-state index < -0.39 is 10.0 Å². The van der Waals surface area contributed by atoms with E-state index in [1.165, 1.54) is 12.3 Å². The smallest absolute Gasteiger partial charge is 0.281 e. The average molecular weight is 501 g/mol. The van der Waals surface area contributed by atoms with Gasteiger partial charge in [0.1, 0.15) is 0 Å². The van der Waals surface area contributed by atoms with Crippen LogP contribution in [-0.2, 0) is 10.0 Å². The highest BCUT2D eigenvalue weighted by molar-refractivity contribution is 9.11. The molecule has 0 aliphatic heterocycles. The number of halogens is 3. The van der Waals surface area contributed by atoms with Crippen LogP contribution in [0.15, 0.2) is 48.9 Å². The Labute approximate surface area is 146 Å². The van der Waals surface area contributed by atoms with E-state index in [9.17, 15) is 8.42 Å². The second-order valence-electron chi connectivity index (χ2n) is 3.85. The van der Waals surface area contributed by atoms with Gasteiger partial charge in [0, 0.05) is 19.6 Å². The van der Waals surface area contributed by atoms with Gasteiger partial charge in [0.2, 0.25) is 5.03 Å². The third-order valence-corrected chi connectivity index (χ3v) is 5.44. The molecular formula is C11H9Br3N4O2S. The van der Waals surface area contributed by atoms with Crippen LogP contribution < -0.4 is 16.0 Å². The number of aromatic nitrogens is 1. The van der Waals surface area contributed by atoms with E-state index in [0.717, 1.165) is 4.47 Å². The summed E-state index contributed by atoms with van der Waals surface area (Å²) in [5.41, 5.74) is 2.88. The molecule has 1 aromatic carbocycles. The third kappa shape index (κ3) is 3.75. The summed E-state index contributed by atoms with van der Waals surface area (Å²) < 4.78 is 29.3. The van der Waals surface area contributed by atoms with Crippen LogP contribution in [0.2, 0.25) is 0 Å². The molecule has 0 aliphatic carbocycles. The maximum Gasteiger partial charge on any atom is 0.281 e. The molecule has 6 nitrogen and oxygen atoms in total. The molecule has 21 heavy (non-hydrogen) atoms. The first-order chi connectivity index (χ1) is 9.85. The first kappa shape index (κ1) is 16.7. The van der Waals surface area contributed by atoms with Crippen molar-refractivity contribution in [2.75, 3.05) is 10.1 Å². The first-order valence-electron chi connectivity index (χ1n) is 5.44. The van der Waals surface area contributed by atoms with Crippen molar-refractivity contribution >= 4 is 69.2 Å². The summed E-state index contributed by atoms with van der Waals surface area (Å²) in [5.74, 6) is 5.31. The van der Waals surface area contributed by atoms with Crippen molar-refractivity contribution in [2.24, 2.45) is 5.84 Å². The number of nitrogen functional groups attached to an aromatic ring is 1. The quantitative estimate of drug-likeness (QED) is 0.441. The highest BCUT2D eigenvalue weighted by atomic mass is 79.9. The Hall–Kier alpha value is -0.680. The Kier molecular flexibility index (Phi) is 5.25. The van der Waals surface area contributed by atoms with Crippen LogP contribution in [0.5, 0.6) is 0 Å². The van der Waals surface area contributed by atoms with Gasteiger partial charge < -0.3 is 5.43 Å². The van der Waals surface area contributed by atoms with Gasteiger partial charge in [0.15, 0.2) is 0 Å². The lowest BCUT2D eigenvalue weighted by atomic mass is 10.3. The number of sulfonamides is 1. The molecule has 4 N–H and O–H groups in total. The minimum atomic E-state index is -3.89. The number of anilines is 2. The molecule has 0 amide bonds. The van der Waals surface area contributed by atoms with Gasteiger partial charge in [0.25, 0.3) is 10.0 Å². The maximum absolute atomic E-state index is 12.4. The predicted octanol–water partition coefficient (Wildman–Crippen LogP) is 3.46. The minimum absolute atomic E-state index is 0.186. The molecule has 0 fully saturated rings. The molecule has 1 heterocycles. The molecule has 0 radical (unpaired) electrons. The van der Waals surface area contributed by atoms with Gasteiger partial charge in [-0.15, -0.1) is 0 Å². The maximum atomic E-state index is 12.4. The standard InChI is InChI=1S/C11H9Br3N4O2S/c12-6-4-7(13)10(8(14)5-6)18-21(19,20)11-9(17-15)2-1-3-16-11/h1-5,17-18H,15H2. The number of hydrogen-bond acceptors (Lipinski definition) is 5. The molecule has 0 bridgehead atoms. The summed E-state index contributed by atoms with van der Waals surface area (Å²) in [7, 11) is -3.89. The van der Waals surface area contributed by atoms with E-state index in [1.807, 2.05) is 0 Å². The molecule has 0 saturated heterocycles. The average Bonchev–Trinajstić information content (AvgIpc) is 2.43. The lowest BCUT2D eigenvalue weighted by Gasteiger charge is -2.13. The van der Waals surface area contributed by atoms with Crippen molar-refractivity contribution in [3.8, 4) is 0 Å². The van der Waals surface area contributed by atoms with Gasteiger partial charge in [-0.3, -0.25) is 10.6 Å². The van der Waals surface area contributed by atoms with Crippen molar-refractivity contribution in [3.05, 3.63) is 43.9 Å². The van der Waals surface area contributed by atoms with Crippen LogP contribution >= 0.6 is 47.8 Å². The summed E-state index contributed by atoms with van der Waals surface area (Å²) >= 11 is 9.94. The van der Waals surface area contributed by atoms with Gasteiger partial charge >= 0.3 is 0 Å². The van der Waals surface area contributed by atoms with Crippen molar-refractivity contribution in [3.63, 3.8) is 0 Å². The van der Waals surface area contributed by atoms with Crippen molar-refractivity contribution in [1.29, 1.82) is 0 Å². The van der Waals surface area contributed by atoms with E-state index in [1.54, 1.807) is 18.2 Å². The molecule has 112 valence electrons. The zero-order valence-electron chi connectivity index (χ0n) is 10.3. The summed E-state index contributed by atoms with van der Waals surface area (Å²) in [6, 6.07) is 6.55. The summed E-state index contributed by atoms with van der Waals surface area (Å²) in [5, 5.41) is -0.186. The van der Waals surface area contributed by atoms with Crippen LogP contribution in [-0.4, -0.2) is 13.4 Å². The van der Waals surface area contributed by atoms with Gasteiger partial charge in [-0.25, -0.2) is 4.98 Å². The second-order valence-corrected chi connectivity index (χ2v) is 8.07. The summed E-state index contributed by atoms with van der Waals surface area (Å²) in [6.45, 7) is 0. The fourth-order valence-electron chi connectivity index (χ4n) is 1.54. The van der Waals surface area contributed by atoms with Crippen molar-refractivity contribution in [2.45, 2.75) is 5.03 Å². The number of hydrogen-bond donors (Lipinski definition) is 3.